The molecule has 0 bridgehead atoms. The molecule has 0 spiro atoms. The third kappa shape index (κ3) is 5.01. The van der Waals surface area contributed by atoms with Crippen molar-refractivity contribution >= 4 is 12.1 Å². The van der Waals surface area contributed by atoms with Gasteiger partial charge in [0.25, 0.3) is 5.91 Å². The zero-order chi connectivity index (χ0) is 17.2. The molecule has 0 heterocycles. The first kappa shape index (κ1) is 17.3. The number of methoxy groups -OCH3 is 1. The number of amides is 1. The molecule has 2 rings (SSSR count). The number of para-hydroxylation sites is 3. The number of benzene rings is 2. The average Bonchev–Trinajstić information content (AvgIpc) is 2.62. The summed E-state index contributed by atoms with van der Waals surface area (Å²) in [6.45, 7) is 2.31. The van der Waals surface area contributed by atoms with Crippen LogP contribution in [0.25, 0.3) is 0 Å². The van der Waals surface area contributed by atoms with E-state index in [0.29, 0.717) is 23.9 Å². The molecular weight excluding hydrogens is 308 g/mol. The number of carbonyl (C=O) groups is 1. The Bertz CT molecular complexity index is 701. The molecule has 1 amide bonds. The molecule has 6 nitrogen and oxygen atoms in total. The maximum absolute atomic E-state index is 11.8. The topological polar surface area (TPSA) is 69.2 Å². The zero-order valence-electron chi connectivity index (χ0n) is 13.7. The van der Waals surface area contributed by atoms with Gasteiger partial charge in [-0.25, -0.2) is 5.43 Å². The van der Waals surface area contributed by atoms with Crippen LogP contribution in [0.1, 0.15) is 12.5 Å². The molecule has 0 aromatic heterocycles. The van der Waals surface area contributed by atoms with Gasteiger partial charge in [0, 0.05) is 5.56 Å². The summed E-state index contributed by atoms with van der Waals surface area (Å²) in [7, 11) is 1.54. The van der Waals surface area contributed by atoms with Crippen molar-refractivity contribution in [2.45, 2.75) is 6.92 Å². The van der Waals surface area contributed by atoms with Gasteiger partial charge in [-0.1, -0.05) is 24.3 Å². The lowest BCUT2D eigenvalue weighted by atomic mass is 10.2. The Morgan fingerprint density at radius 3 is 2.42 bits per heavy atom. The highest BCUT2D eigenvalue weighted by atomic mass is 16.5. The summed E-state index contributed by atoms with van der Waals surface area (Å²) in [5.74, 6) is 1.41. The van der Waals surface area contributed by atoms with E-state index in [4.69, 9.17) is 14.2 Å². The Morgan fingerprint density at radius 1 is 1.04 bits per heavy atom. The predicted octanol–water partition coefficient (Wildman–Crippen LogP) is 2.62. The second-order valence-electron chi connectivity index (χ2n) is 4.70. The van der Waals surface area contributed by atoms with E-state index < -0.39 is 0 Å². The molecule has 0 aliphatic rings. The van der Waals surface area contributed by atoms with Crippen molar-refractivity contribution in [3.63, 3.8) is 0 Å². The van der Waals surface area contributed by atoms with Crippen molar-refractivity contribution in [2.24, 2.45) is 5.10 Å². The van der Waals surface area contributed by atoms with E-state index in [2.05, 4.69) is 10.5 Å². The van der Waals surface area contributed by atoms with Gasteiger partial charge in [-0.15, -0.1) is 0 Å². The Hall–Kier alpha value is -3.02. The predicted molar refractivity (Wildman–Crippen MR) is 91.8 cm³/mol. The van der Waals surface area contributed by atoms with Gasteiger partial charge in [-0.05, 0) is 31.2 Å². The number of nitrogens with one attached hydrogen (secondary N) is 1. The van der Waals surface area contributed by atoms with E-state index in [1.54, 1.807) is 25.3 Å². The Kier molecular flexibility index (Phi) is 6.64. The van der Waals surface area contributed by atoms with Crippen molar-refractivity contribution in [2.75, 3.05) is 20.3 Å². The van der Waals surface area contributed by atoms with Crippen LogP contribution in [0.3, 0.4) is 0 Å². The van der Waals surface area contributed by atoms with E-state index in [0.717, 1.165) is 5.56 Å². The van der Waals surface area contributed by atoms with Crippen molar-refractivity contribution in [3.05, 3.63) is 54.1 Å². The van der Waals surface area contributed by atoms with Gasteiger partial charge < -0.3 is 14.2 Å². The summed E-state index contributed by atoms with van der Waals surface area (Å²) in [6.07, 6.45) is 1.53. The molecular formula is C18H20N2O4. The van der Waals surface area contributed by atoms with Crippen molar-refractivity contribution in [3.8, 4) is 17.2 Å². The standard InChI is InChI=1S/C18H20N2O4/c1-3-23-15-9-5-4-8-14(15)12-19-20-18(21)13-24-17-11-7-6-10-16(17)22-2/h4-12H,3,13H2,1-2H3,(H,20,21)/b19-12+. The smallest absolute Gasteiger partial charge is 0.277 e. The fraction of sp³-hybridized carbons (Fsp3) is 0.222. The summed E-state index contributed by atoms with van der Waals surface area (Å²) < 4.78 is 16.1. The first-order valence-corrected chi connectivity index (χ1v) is 7.54. The third-order valence-electron chi connectivity index (χ3n) is 3.04. The summed E-state index contributed by atoms with van der Waals surface area (Å²) in [5.41, 5.74) is 3.20. The average molecular weight is 328 g/mol. The second-order valence-corrected chi connectivity index (χ2v) is 4.70. The maximum Gasteiger partial charge on any atom is 0.277 e. The number of hydrogen-bond donors (Lipinski definition) is 1. The lowest BCUT2D eigenvalue weighted by Gasteiger charge is -2.09. The SMILES string of the molecule is CCOc1ccccc1/C=N/NC(=O)COc1ccccc1OC. The van der Waals surface area contributed by atoms with Gasteiger partial charge in [0.1, 0.15) is 5.75 Å². The molecule has 0 saturated heterocycles. The Balaban J connectivity index is 1.87. The molecule has 2 aromatic carbocycles. The van der Waals surface area contributed by atoms with Gasteiger partial charge in [-0.2, -0.15) is 5.10 Å². The minimum atomic E-state index is -0.369. The molecule has 0 saturated carbocycles. The first-order chi connectivity index (χ1) is 11.7. The quantitative estimate of drug-likeness (QED) is 0.597. The van der Waals surface area contributed by atoms with Gasteiger partial charge >= 0.3 is 0 Å². The third-order valence-corrected chi connectivity index (χ3v) is 3.04. The highest BCUT2D eigenvalue weighted by Crippen LogP contribution is 2.25. The molecule has 0 atom stereocenters. The van der Waals surface area contributed by atoms with Crippen LogP contribution < -0.4 is 19.6 Å². The lowest BCUT2D eigenvalue weighted by molar-refractivity contribution is -0.123. The van der Waals surface area contributed by atoms with E-state index in [9.17, 15) is 4.79 Å². The largest absolute Gasteiger partial charge is 0.493 e. The van der Waals surface area contributed by atoms with E-state index >= 15 is 0 Å². The second kappa shape index (κ2) is 9.19. The van der Waals surface area contributed by atoms with Crippen LogP contribution >= 0.6 is 0 Å². The molecule has 126 valence electrons. The van der Waals surface area contributed by atoms with Crippen LogP contribution in [0.2, 0.25) is 0 Å². The van der Waals surface area contributed by atoms with E-state index in [-0.39, 0.29) is 12.5 Å². The number of hydrogen-bond acceptors (Lipinski definition) is 5. The molecule has 0 aliphatic carbocycles. The zero-order valence-corrected chi connectivity index (χ0v) is 13.7. The van der Waals surface area contributed by atoms with E-state index in [1.165, 1.54) is 6.21 Å². The van der Waals surface area contributed by atoms with Crippen LogP contribution in [0.5, 0.6) is 17.2 Å². The maximum atomic E-state index is 11.8. The van der Waals surface area contributed by atoms with Gasteiger partial charge in [0.2, 0.25) is 0 Å². The summed E-state index contributed by atoms with van der Waals surface area (Å²) >= 11 is 0. The number of carbonyl (C=O) groups excluding carboxylic acids is 1. The summed E-state index contributed by atoms with van der Waals surface area (Å²) in [5, 5.41) is 3.92. The van der Waals surface area contributed by atoms with Crippen LogP contribution in [-0.2, 0) is 4.79 Å². The normalized spacial score (nSPS) is 10.4. The fourth-order valence-electron chi connectivity index (χ4n) is 1.96. The van der Waals surface area contributed by atoms with Crippen molar-refractivity contribution in [1.82, 2.24) is 5.43 Å². The molecule has 2 aromatic rings. The minimum absolute atomic E-state index is 0.162. The monoisotopic (exact) mass is 328 g/mol. The highest BCUT2D eigenvalue weighted by Gasteiger charge is 2.06. The summed E-state index contributed by atoms with van der Waals surface area (Å²) in [4.78, 5) is 11.8. The molecule has 0 unspecified atom stereocenters. The summed E-state index contributed by atoms with van der Waals surface area (Å²) in [6, 6.07) is 14.6. The van der Waals surface area contributed by atoms with Crippen LogP contribution in [0.15, 0.2) is 53.6 Å². The van der Waals surface area contributed by atoms with Gasteiger partial charge in [0.05, 0.1) is 19.9 Å². The van der Waals surface area contributed by atoms with Gasteiger partial charge in [-0.3, -0.25) is 4.79 Å². The Morgan fingerprint density at radius 2 is 1.71 bits per heavy atom. The number of hydrazone groups is 1. The lowest BCUT2D eigenvalue weighted by Crippen LogP contribution is -2.24. The van der Waals surface area contributed by atoms with Crippen molar-refractivity contribution < 1.29 is 19.0 Å². The molecule has 0 aliphatic heterocycles. The van der Waals surface area contributed by atoms with Crippen molar-refractivity contribution in [1.29, 1.82) is 0 Å². The Labute approximate surface area is 141 Å². The number of ether oxygens (including phenoxy) is 3. The van der Waals surface area contributed by atoms with Crippen LogP contribution in [0, 0.1) is 0 Å². The number of nitrogens with zero attached hydrogens (tertiary/aromatic N) is 1. The first-order valence-electron chi connectivity index (χ1n) is 7.54. The van der Waals surface area contributed by atoms with Crippen LogP contribution in [0.4, 0.5) is 0 Å². The van der Waals surface area contributed by atoms with Gasteiger partial charge in [0.15, 0.2) is 18.1 Å². The molecule has 6 heteroatoms. The van der Waals surface area contributed by atoms with E-state index in [1.807, 2.05) is 37.3 Å². The molecule has 1 N–H and O–H groups in total. The fourth-order valence-corrected chi connectivity index (χ4v) is 1.96. The molecule has 0 fully saturated rings. The number of rotatable bonds is 8. The minimum Gasteiger partial charge on any atom is -0.493 e. The molecule has 0 radical (unpaired) electrons. The van der Waals surface area contributed by atoms with Crippen LogP contribution in [-0.4, -0.2) is 32.4 Å². The molecule has 24 heavy (non-hydrogen) atoms. The highest BCUT2D eigenvalue weighted by molar-refractivity contribution is 5.85.